The summed E-state index contributed by atoms with van der Waals surface area (Å²) in [5.74, 6) is 1.15. The first kappa shape index (κ1) is 9.03. The second-order valence-corrected chi connectivity index (χ2v) is 4.32. The normalized spacial score (nSPS) is 21.3. The number of aliphatic hydroxyl groups excluding tert-OH is 1. The summed E-state index contributed by atoms with van der Waals surface area (Å²) < 4.78 is 13.3. The number of aliphatic hydroxyl groups is 1. The van der Waals surface area contributed by atoms with Crippen molar-refractivity contribution in [1.29, 1.82) is 0 Å². The minimum atomic E-state index is -0.631. The minimum absolute atomic E-state index is 0.270. The van der Waals surface area contributed by atoms with Gasteiger partial charge in [0.25, 0.3) is 0 Å². The fourth-order valence-corrected chi connectivity index (χ4v) is 2.75. The van der Waals surface area contributed by atoms with Crippen molar-refractivity contribution in [2.45, 2.75) is 18.8 Å². The van der Waals surface area contributed by atoms with Gasteiger partial charge in [-0.05, 0) is 24.1 Å². The quantitative estimate of drug-likeness (QED) is 0.690. The standard InChI is InChI=1S/C10H11FOS/c1-6-2-3-8(11)10-7(6)4-13-5-9(10)12/h2-3,9,12H,4-5H2,1H3/t9-/m1/s1. The lowest BCUT2D eigenvalue weighted by Gasteiger charge is -2.22. The number of thioether (sulfide) groups is 1. The Morgan fingerprint density at radius 3 is 3.00 bits per heavy atom. The summed E-state index contributed by atoms with van der Waals surface area (Å²) in [4.78, 5) is 0. The summed E-state index contributed by atoms with van der Waals surface area (Å²) in [5.41, 5.74) is 2.56. The lowest BCUT2D eigenvalue weighted by atomic mass is 9.99. The van der Waals surface area contributed by atoms with Crippen LogP contribution in [0.5, 0.6) is 0 Å². The van der Waals surface area contributed by atoms with Gasteiger partial charge in [-0.2, -0.15) is 11.8 Å². The second kappa shape index (κ2) is 3.31. The summed E-state index contributed by atoms with van der Waals surface area (Å²) in [6, 6.07) is 3.21. The van der Waals surface area contributed by atoms with Crippen molar-refractivity contribution in [2.75, 3.05) is 5.75 Å². The molecule has 3 heteroatoms. The number of rotatable bonds is 0. The Hall–Kier alpha value is -0.540. The molecule has 0 aromatic heterocycles. The molecule has 0 saturated carbocycles. The number of fused-ring (bicyclic) bond motifs is 1. The van der Waals surface area contributed by atoms with E-state index in [1.54, 1.807) is 17.8 Å². The third-order valence-electron chi connectivity index (χ3n) is 2.39. The third kappa shape index (κ3) is 1.46. The fourth-order valence-electron chi connectivity index (χ4n) is 1.65. The molecule has 0 radical (unpaired) electrons. The Kier molecular flexibility index (Phi) is 2.30. The van der Waals surface area contributed by atoms with Gasteiger partial charge in [0.15, 0.2) is 0 Å². The van der Waals surface area contributed by atoms with Crippen molar-refractivity contribution >= 4 is 11.8 Å². The van der Waals surface area contributed by atoms with E-state index in [9.17, 15) is 9.50 Å². The van der Waals surface area contributed by atoms with E-state index in [1.165, 1.54) is 6.07 Å². The smallest absolute Gasteiger partial charge is 0.129 e. The first-order chi connectivity index (χ1) is 6.20. The molecule has 13 heavy (non-hydrogen) atoms. The zero-order valence-electron chi connectivity index (χ0n) is 7.38. The van der Waals surface area contributed by atoms with Crippen LogP contribution >= 0.6 is 11.8 Å². The van der Waals surface area contributed by atoms with Gasteiger partial charge in [0, 0.05) is 17.1 Å². The van der Waals surface area contributed by atoms with Crippen molar-refractivity contribution in [3.8, 4) is 0 Å². The van der Waals surface area contributed by atoms with Crippen LogP contribution in [-0.4, -0.2) is 10.9 Å². The minimum Gasteiger partial charge on any atom is -0.387 e. The van der Waals surface area contributed by atoms with E-state index >= 15 is 0 Å². The van der Waals surface area contributed by atoms with Crippen molar-refractivity contribution in [1.82, 2.24) is 0 Å². The van der Waals surface area contributed by atoms with Gasteiger partial charge in [0.1, 0.15) is 5.82 Å². The predicted molar refractivity (Wildman–Crippen MR) is 52.3 cm³/mol. The molecule has 1 aliphatic rings. The van der Waals surface area contributed by atoms with Gasteiger partial charge in [-0.1, -0.05) is 6.07 Å². The first-order valence-electron chi connectivity index (χ1n) is 4.24. The van der Waals surface area contributed by atoms with Crippen LogP contribution in [-0.2, 0) is 5.75 Å². The van der Waals surface area contributed by atoms with Crippen LogP contribution in [0.4, 0.5) is 4.39 Å². The molecule has 0 saturated heterocycles. The molecule has 0 aliphatic carbocycles. The summed E-state index contributed by atoms with van der Waals surface area (Å²) in [6.07, 6.45) is -0.631. The molecule has 1 N–H and O–H groups in total. The molecule has 0 bridgehead atoms. The maximum atomic E-state index is 13.3. The van der Waals surface area contributed by atoms with Crippen LogP contribution in [0.15, 0.2) is 12.1 Å². The SMILES string of the molecule is Cc1ccc(F)c2c1CSC[C@H]2O. The molecule has 1 aromatic carbocycles. The predicted octanol–water partition coefficient (Wildman–Crippen LogP) is 2.41. The van der Waals surface area contributed by atoms with Gasteiger partial charge in [0.05, 0.1) is 6.10 Å². The van der Waals surface area contributed by atoms with Crippen molar-refractivity contribution in [3.05, 3.63) is 34.6 Å². The number of aryl methyl sites for hydroxylation is 1. The van der Waals surface area contributed by atoms with E-state index in [1.807, 2.05) is 6.92 Å². The summed E-state index contributed by atoms with van der Waals surface area (Å²) in [7, 11) is 0. The van der Waals surface area contributed by atoms with Crippen LogP contribution in [0.2, 0.25) is 0 Å². The van der Waals surface area contributed by atoms with E-state index in [2.05, 4.69) is 0 Å². The number of benzene rings is 1. The van der Waals surface area contributed by atoms with E-state index in [0.29, 0.717) is 11.3 Å². The van der Waals surface area contributed by atoms with Gasteiger partial charge in [-0.15, -0.1) is 0 Å². The van der Waals surface area contributed by atoms with Gasteiger partial charge in [-0.25, -0.2) is 4.39 Å². The molecule has 1 atom stereocenters. The highest BCUT2D eigenvalue weighted by Crippen LogP contribution is 2.34. The van der Waals surface area contributed by atoms with E-state index in [4.69, 9.17) is 0 Å². The molecule has 0 amide bonds. The third-order valence-corrected chi connectivity index (χ3v) is 3.44. The second-order valence-electron chi connectivity index (χ2n) is 3.29. The lowest BCUT2D eigenvalue weighted by molar-refractivity contribution is 0.196. The Balaban J connectivity index is 2.60. The Bertz CT molecular complexity index is 338. The molecule has 2 rings (SSSR count). The molecule has 1 aromatic rings. The number of halogens is 1. The average Bonchev–Trinajstić information content (AvgIpc) is 2.12. The Morgan fingerprint density at radius 1 is 1.54 bits per heavy atom. The van der Waals surface area contributed by atoms with Crippen LogP contribution < -0.4 is 0 Å². The van der Waals surface area contributed by atoms with E-state index < -0.39 is 6.10 Å². The summed E-state index contributed by atoms with van der Waals surface area (Å²) in [5, 5.41) is 9.61. The monoisotopic (exact) mass is 198 g/mol. The molecule has 1 heterocycles. The Morgan fingerprint density at radius 2 is 2.31 bits per heavy atom. The summed E-state index contributed by atoms with van der Waals surface area (Å²) in [6.45, 7) is 1.96. The molecular weight excluding hydrogens is 187 g/mol. The zero-order chi connectivity index (χ0) is 9.42. The van der Waals surface area contributed by atoms with Crippen LogP contribution in [0.3, 0.4) is 0 Å². The highest BCUT2D eigenvalue weighted by Gasteiger charge is 2.23. The Labute approximate surface area is 81.0 Å². The van der Waals surface area contributed by atoms with Crippen molar-refractivity contribution in [3.63, 3.8) is 0 Å². The van der Waals surface area contributed by atoms with Crippen molar-refractivity contribution < 1.29 is 9.50 Å². The molecule has 70 valence electrons. The number of hydrogen-bond acceptors (Lipinski definition) is 2. The van der Waals surface area contributed by atoms with E-state index in [0.717, 1.165) is 16.9 Å². The maximum Gasteiger partial charge on any atom is 0.129 e. The zero-order valence-corrected chi connectivity index (χ0v) is 8.20. The van der Waals surface area contributed by atoms with Gasteiger partial charge in [0.2, 0.25) is 0 Å². The van der Waals surface area contributed by atoms with Crippen molar-refractivity contribution in [2.24, 2.45) is 0 Å². The molecule has 0 spiro atoms. The van der Waals surface area contributed by atoms with Gasteiger partial charge in [-0.3, -0.25) is 0 Å². The summed E-state index contributed by atoms with van der Waals surface area (Å²) >= 11 is 1.65. The maximum absolute atomic E-state index is 13.3. The van der Waals surface area contributed by atoms with E-state index in [-0.39, 0.29) is 5.82 Å². The topological polar surface area (TPSA) is 20.2 Å². The first-order valence-corrected chi connectivity index (χ1v) is 5.39. The lowest BCUT2D eigenvalue weighted by Crippen LogP contribution is -2.13. The molecule has 0 fully saturated rings. The van der Waals surface area contributed by atoms with Crippen LogP contribution in [0, 0.1) is 12.7 Å². The van der Waals surface area contributed by atoms with Crippen LogP contribution in [0.1, 0.15) is 22.8 Å². The highest BCUT2D eigenvalue weighted by atomic mass is 32.2. The molecule has 0 unspecified atom stereocenters. The average molecular weight is 198 g/mol. The van der Waals surface area contributed by atoms with Gasteiger partial charge >= 0.3 is 0 Å². The van der Waals surface area contributed by atoms with Gasteiger partial charge < -0.3 is 5.11 Å². The molecular formula is C10H11FOS. The largest absolute Gasteiger partial charge is 0.387 e. The molecule has 1 aliphatic heterocycles. The fraction of sp³-hybridized carbons (Fsp3) is 0.400. The number of hydrogen-bond donors (Lipinski definition) is 1. The molecule has 1 nitrogen and oxygen atoms in total. The van der Waals surface area contributed by atoms with Crippen LogP contribution in [0.25, 0.3) is 0 Å². The highest BCUT2D eigenvalue weighted by molar-refractivity contribution is 7.98.